The number of piperazine rings is 1. The molecule has 8 nitrogen and oxygen atoms in total. The molecule has 0 bridgehead atoms. The lowest BCUT2D eigenvalue weighted by atomic mass is 10.1. The van der Waals surface area contributed by atoms with E-state index in [1.54, 1.807) is 4.90 Å². The van der Waals surface area contributed by atoms with Gasteiger partial charge in [-0.3, -0.25) is 0 Å². The zero-order chi connectivity index (χ0) is 20.9. The Morgan fingerprint density at radius 1 is 1.07 bits per heavy atom. The smallest absolute Gasteiger partial charge is 0.410 e. The number of rotatable bonds is 3. The highest BCUT2D eigenvalue weighted by Crippen LogP contribution is 2.22. The van der Waals surface area contributed by atoms with Gasteiger partial charge < -0.3 is 29.9 Å². The third-order valence-electron chi connectivity index (χ3n) is 5.01. The molecule has 9 heteroatoms. The predicted octanol–water partition coefficient (Wildman–Crippen LogP) is 2.51. The topological polar surface area (TPSA) is 83.6 Å². The number of halogens is 1. The van der Waals surface area contributed by atoms with Gasteiger partial charge in [0.05, 0.1) is 19.8 Å². The molecule has 0 aliphatic carbocycles. The van der Waals surface area contributed by atoms with Crippen molar-refractivity contribution >= 4 is 41.7 Å². The summed E-state index contributed by atoms with van der Waals surface area (Å²) in [5.74, 6) is 0.519. The minimum absolute atomic E-state index is 0. The Bertz CT molecular complexity index is 724. The Morgan fingerprint density at radius 3 is 2.30 bits per heavy atom. The number of anilines is 1. The van der Waals surface area contributed by atoms with Crippen LogP contribution < -0.4 is 10.6 Å². The quantitative estimate of drug-likeness (QED) is 0.367. The van der Waals surface area contributed by atoms with E-state index in [1.165, 1.54) is 5.69 Å². The van der Waals surface area contributed by atoms with Gasteiger partial charge in [0.15, 0.2) is 5.96 Å². The molecule has 2 fully saturated rings. The molecule has 168 valence electrons. The second kappa shape index (κ2) is 11.0. The van der Waals surface area contributed by atoms with E-state index >= 15 is 0 Å². The molecule has 0 aromatic heterocycles. The molecular formula is C21H34IN5O3. The first-order valence-corrected chi connectivity index (χ1v) is 10.3. The minimum atomic E-state index is -0.484. The molecule has 0 spiro atoms. The van der Waals surface area contributed by atoms with Crippen LogP contribution in [0.2, 0.25) is 0 Å². The van der Waals surface area contributed by atoms with Crippen molar-refractivity contribution in [3.05, 3.63) is 29.8 Å². The fourth-order valence-corrected chi connectivity index (χ4v) is 3.47. The van der Waals surface area contributed by atoms with E-state index in [0.29, 0.717) is 38.7 Å². The average molecular weight is 531 g/mol. The van der Waals surface area contributed by atoms with E-state index in [1.807, 2.05) is 31.7 Å². The highest BCUT2D eigenvalue weighted by atomic mass is 127. The zero-order valence-corrected chi connectivity index (χ0v) is 20.5. The Labute approximate surface area is 196 Å². The maximum atomic E-state index is 12.2. The van der Waals surface area contributed by atoms with Crippen molar-refractivity contribution in [2.45, 2.75) is 32.9 Å². The molecule has 1 amide bonds. The number of amides is 1. The SMILES string of the molecule is CC(C)(C)OC(=O)N1CCN(C(N)=NCc2ccccc2N2CCOCC2)CC1.I. The molecular weight excluding hydrogens is 497 g/mol. The molecule has 2 aliphatic rings. The lowest BCUT2D eigenvalue weighted by Gasteiger charge is -2.36. The molecule has 0 saturated carbocycles. The number of para-hydroxylation sites is 1. The van der Waals surface area contributed by atoms with E-state index < -0.39 is 5.60 Å². The summed E-state index contributed by atoms with van der Waals surface area (Å²) in [4.78, 5) is 22.9. The van der Waals surface area contributed by atoms with Crippen LogP contribution in [-0.4, -0.2) is 79.9 Å². The van der Waals surface area contributed by atoms with Crippen molar-refractivity contribution in [3.63, 3.8) is 0 Å². The van der Waals surface area contributed by atoms with E-state index in [0.717, 1.165) is 31.9 Å². The first-order valence-electron chi connectivity index (χ1n) is 10.3. The maximum Gasteiger partial charge on any atom is 0.410 e. The molecule has 2 N–H and O–H groups in total. The van der Waals surface area contributed by atoms with Gasteiger partial charge >= 0.3 is 6.09 Å². The summed E-state index contributed by atoms with van der Waals surface area (Å²) in [7, 11) is 0. The van der Waals surface area contributed by atoms with Crippen LogP contribution in [0.4, 0.5) is 10.5 Å². The zero-order valence-electron chi connectivity index (χ0n) is 18.2. The molecule has 30 heavy (non-hydrogen) atoms. The van der Waals surface area contributed by atoms with Gasteiger partial charge in [0.2, 0.25) is 0 Å². The predicted molar refractivity (Wildman–Crippen MR) is 130 cm³/mol. The summed E-state index contributed by atoms with van der Waals surface area (Å²) < 4.78 is 10.9. The van der Waals surface area contributed by atoms with Crippen LogP contribution in [0, 0.1) is 0 Å². The van der Waals surface area contributed by atoms with Gasteiger partial charge in [0, 0.05) is 45.0 Å². The molecule has 1 aromatic carbocycles. The number of nitrogens with zero attached hydrogens (tertiary/aromatic N) is 4. The molecule has 0 radical (unpaired) electrons. The molecule has 2 saturated heterocycles. The van der Waals surface area contributed by atoms with E-state index in [9.17, 15) is 4.79 Å². The van der Waals surface area contributed by atoms with Gasteiger partial charge in [-0.25, -0.2) is 9.79 Å². The number of nitrogens with two attached hydrogens (primary N) is 1. The Hall–Kier alpha value is -1.75. The highest BCUT2D eigenvalue weighted by Gasteiger charge is 2.26. The highest BCUT2D eigenvalue weighted by molar-refractivity contribution is 14.0. The van der Waals surface area contributed by atoms with Gasteiger partial charge in [-0.05, 0) is 32.4 Å². The van der Waals surface area contributed by atoms with Crippen molar-refractivity contribution in [2.24, 2.45) is 10.7 Å². The first kappa shape index (κ1) is 24.5. The van der Waals surface area contributed by atoms with Gasteiger partial charge in [0.25, 0.3) is 0 Å². The van der Waals surface area contributed by atoms with Gasteiger partial charge in [0.1, 0.15) is 5.60 Å². The molecule has 0 atom stereocenters. The Morgan fingerprint density at radius 2 is 1.67 bits per heavy atom. The van der Waals surface area contributed by atoms with Crippen molar-refractivity contribution in [1.29, 1.82) is 0 Å². The summed E-state index contributed by atoms with van der Waals surface area (Å²) in [5.41, 5.74) is 8.13. The maximum absolute atomic E-state index is 12.2. The third-order valence-corrected chi connectivity index (χ3v) is 5.01. The molecule has 2 aliphatic heterocycles. The van der Waals surface area contributed by atoms with Crippen molar-refractivity contribution < 1.29 is 14.3 Å². The van der Waals surface area contributed by atoms with Crippen molar-refractivity contribution in [2.75, 3.05) is 57.4 Å². The van der Waals surface area contributed by atoms with Crippen LogP contribution in [0.25, 0.3) is 0 Å². The Kier molecular flexibility index (Phi) is 9.02. The largest absolute Gasteiger partial charge is 0.444 e. The van der Waals surface area contributed by atoms with E-state index in [4.69, 9.17) is 15.2 Å². The monoisotopic (exact) mass is 531 g/mol. The lowest BCUT2D eigenvalue weighted by Crippen LogP contribution is -2.53. The second-order valence-corrected chi connectivity index (χ2v) is 8.36. The summed E-state index contributed by atoms with van der Waals surface area (Å²) in [6.45, 7) is 11.9. The van der Waals surface area contributed by atoms with Crippen LogP contribution in [0.5, 0.6) is 0 Å². The number of ether oxygens (including phenoxy) is 2. The fourth-order valence-electron chi connectivity index (χ4n) is 3.47. The van der Waals surface area contributed by atoms with Gasteiger partial charge in [-0.15, -0.1) is 24.0 Å². The number of hydrogen-bond acceptors (Lipinski definition) is 5. The fraction of sp³-hybridized carbons (Fsp3) is 0.619. The standard InChI is InChI=1S/C21H33N5O3.HI/c1-21(2,3)29-20(27)26-10-8-25(9-11-26)19(22)23-16-17-6-4-5-7-18(17)24-12-14-28-15-13-24;/h4-7H,8-16H2,1-3H3,(H2,22,23);1H. The summed E-state index contributed by atoms with van der Waals surface area (Å²) in [6, 6.07) is 8.32. The second-order valence-electron chi connectivity index (χ2n) is 8.36. The van der Waals surface area contributed by atoms with E-state index in [-0.39, 0.29) is 30.1 Å². The third kappa shape index (κ3) is 6.90. The van der Waals surface area contributed by atoms with Crippen molar-refractivity contribution in [1.82, 2.24) is 9.80 Å². The number of carbonyl (C=O) groups is 1. The average Bonchev–Trinajstić information content (AvgIpc) is 2.72. The summed E-state index contributed by atoms with van der Waals surface area (Å²) in [5, 5.41) is 0. The Balaban J connectivity index is 0.00000320. The number of aliphatic imine (C=N–C) groups is 1. The van der Waals surface area contributed by atoms with Gasteiger partial charge in [-0.2, -0.15) is 0 Å². The van der Waals surface area contributed by atoms with Crippen LogP contribution >= 0.6 is 24.0 Å². The van der Waals surface area contributed by atoms with Crippen LogP contribution in [0.15, 0.2) is 29.3 Å². The van der Waals surface area contributed by atoms with Gasteiger partial charge in [-0.1, -0.05) is 18.2 Å². The lowest BCUT2D eigenvalue weighted by molar-refractivity contribution is 0.0186. The number of benzene rings is 1. The van der Waals surface area contributed by atoms with Crippen LogP contribution in [0.1, 0.15) is 26.3 Å². The van der Waals surface area contributed by atoms with Crippen LogP contribution in [0.3, 0.4) is 0 Å². The molecule has 0 unspecified atom stereocenters. The first-order chi connectivity index (χ1) is 13.8. The van der Waals surface area contributed by atoms with Crippen molar-refractivity contribution in [3.8, 4) is 0 Å². The molecule has 2 heterocycles. The number of carbonyl (C=O) groups excluding carboxylic acids is 1. The van der Waals surface area contributed by atoms with E-state index in [2.05, 4.69) is 28.1 Å². The molecule has 1 aromatic rings. The molecule has 3 rings (SSSR count). The summed E-state index contributed by atoms with van der Waals surface area (Å²) >= 11 is 0. The number of hydrogen-bond donors (Lipinski definition) is 1. The minimum Gasteiger partial charge on any atom is -0.444 e. The summed E-state index contributed by atoms with van der Waals surface area (Å²) in [6.07, 6.45) is -0.271. The number of guanidine groups is 1. The number of morpholine rings is 1. The van der Waals surface area contributed by atoms with Crippen LogP contribution in [-0.2, 0) is 16.0 Å². The normalized spacial score (nSPS) is 18.1.